The van der Waals surface area contributed by atoms with Gasteiger partial charge in [-0.2, -0.15) is 4.31 Å². The molecule has 3 aromatic rings. The van der Waals surface area contributed by atoms with Gasteiger partial charge in [-0.1, -0.05) is 29.8 Å². The van der Waals surface area contributed by atoms with Crippen LogP contribution in [0.15, 0.2) is 60.7 Å². The Hall–Kier alpha value is -3.65. The zero-order valence-electron chi connectivity index (χ0n) is 24.8. The van der Waals surface area contributed by atoms with Crippen LogP contribution in [0.4, 0.5) is 23.7 Å². The first-order valence-electron chi connectivity index (χ1n) is 14.1. The first-order valence-corrected chi connectivity index (χ1v) is 16.3. The molecule has 1 fully saturated rings. The molecular formula is C31H34ClF3N4O5S. The summed E-state index contributed by atoms with van der Waals surface area (Å²) in [7, 11) is -2.46. The molecule has 45 heavy (non-hydrogen) atoms. The lowest BCUT2D eigenvalue weighted by Gasteiger charge is -2.39. The van der Waals surface area contributed by atoms with Crippen LogP contribution in [0.25, 0.3) is 0 Å². The van der Waals surface area contributed by atoms with E-state index in [1.165, 1.54) is 34.6 Å². The van der Waals surface area contributed by atoms with Crippen LogP contribution in [0.2, 0.25) is 5.02 Å². The van der Waals surface area contributed by atoms with E-state index in [4.69, 9.17) is 16.3 Å². The van der Waals surface area contributed by atoms with E-state index in [0.29, 0.717) is 29.7 Å². The molecule has 0 unspecified atom stereocenters. The molecule has 4 atom stereocenters. The average Bonchev–Trinajstić information content (AvgIpc) is 2.96. The lowest BCUT2D eigenvalue weighted by Crippen LogP contribution is -2.58. The maximum absolute atomic E-state index is 15.3. The van der Waals surface area contributed by atoms with Crippen molar-refractivity contribution < 1.29 is 35.9 Å². The number of alkyl carbamates (subject to hydrolysis) is 1. The molecule has 1 heterocycles. The molecule has 0 radical (unpaired) electrons. The van der Waals surface area contributed by atoms with E-state index in [1.54, 1.807) is 19.1 Å². The van der Waals surface area contributed by atoms with Gasteiger partial charge in [-0.05, 0) is 67.3 Å². The number of methoxy groups -OCH3 is 1. The third-order valence-electron chi connectivity index (χ3n) is 7.65. The van der Waals surface area contributed by atoms with Gasteiger partial charge in [0.05, 0.1) is 13.4 Å². The highest BCUT2D eigenvalue weighted by Crippen LogP contribution is 2.32. The van der Waals surface area contributed by atoms with Crippen molar-refractivity contribution in [2.45, 2.75) is 43.8 Å². The maximum Gasteiger partial charge on any atom is 0.407 e. The first-order chi connectivity index (χ1) is 21.3. The van der Waals surface area contributed by atoms with Crippen molar-refractivity contribution in [2.24, 2.45) is 0 Å². The van der Waals surface area contributed by atoms with Crippen molar-refractivity contribution in [3.63, 3.8) is 0 Å². The van der Waals surface area contributed by atoms with Gasteiger partial charge in [0.2, 0.25) is 15.9 Å². The summed E-state index contributed by atoms with van der Waals surface area (Å²) in [4.78, 5) is 26.4. The standard InChI is InChI=1S/C31H34ClF3N4O5S/c1-18-16-36-17-24(39(18)45(3,42)43)11-12-25-26(35)5-4-6-27(25)37-30(40)29(38-31(41)44-2)28(19-7-9-21(32)10-8-19)20-13-22(33)15-23(34)14-20/h4-10,13-15,18,24,28-29,36H,11-12,16-17H2,1-3H3,(H,37,40)(H,38,41)/t18-,24-,28-,29-/m0/s1. The summed E-state index contributed by atoms with van der Waals surface area (Å²) in [6.07, 6.45) is 0.448. The van der Waals surface area contributed by atoms with Crippen molar-refractivity contribution in [3.05, 3.63) is 99.8 Å². The first kappa shape index (κ1) is 34.2. The zero-order chi connectivity index (χ0) is 32.9. The highest BCUT2D eigenvalue weighted by atomic mass is 35.5. The average molecular weight is 667 g/mol. The minimum atomic E-state index is -3.55. The monoisotopic (exact) mass is 666 g/mol. The summed E-state index contributed by atoms with van der Waals surface area (Å²) in [6.45, 7) is 2.62. The molecule has 0 aromatic heterocycles. The third kappa shape index (κ3) is 8.54. The Kier molecular flexibility index (Phi) is 11.1. The van der Waals surface area contributed by atoms with Crippen LogP contribution in [0, 0.1) is 17.5 Å². The van der Waals surface area contributed by atoms with Gasteiger partial charge in [0.15, 0.2) is 0 Å². The molecule has 4 rings (SSSR count). The predicted octanol–water partition coefficient (Wildman–Crippen LogP) is 4.81. The van der Waals surface area contributed by atoms with Crippen LogP contribution in [0.3, 0.4) is 0 Å². The molecule has 1 aliphatic rings. The molecule has 1 aliphatic heterocycles. The number of benzene rings is 3. The number of hydrogen-bond acceptors (Lipinski definition) is 6. The number of rotatable bonds is 10. The number of carbonyl (C=O) groups excluding carboxylic acids is 2. The van der Waals surface area contributed by atoms with Crippen LogP contribution in [-0.2, 0) is 26.0 Å². The molecule has 0 saturated carbocycles. The summed E-state index contributed by atoms with van der Waals surface area (Å²) in [6, 6.07) is 10.7. The molecule has 9 nitrogen and oxygen atoms in total. The van der Waals surface area contributed by atoms with E-state index in [-0.39, 0.29) is 35.7 Å². The molecule has 1 saturated heterocycles. The van der Waals surface area contributed by atoms with Crippen LogP contribution >= 0.6 is 11.6 Å². The lowest BCUT2D eigenvalue weighted by atomic mass is 9.84. The normalized spacial score (nSPS) is 18.6. The number of hydrogen-bond donors (Lipinski definition) is 3. The van der Waals surface area contributed by atoms with Crippen LogP contribution in [-0.4, -0.2) is 69.3 Å². The number of nitrogens with zero attached hydrogens (tertiary/aromatic N) is 1. The second-order valence-electron chi connectivity index (χ2n) is 10.9. The van der Waals surface area contributed by atoms with E-state index in [9.17, 15) is 26.8 Å². The SMILES string of the molecule is COC(=O)N[C@H](C(=O)Nc1cccc(F)c1CC[C@H]1CNC[C@H](C)N1S(C)(=O)=O)[C@@H](c1ccc(Cl)cc1)c1cc(F)cc(F)c1. The van der Waals surface area contributed by atoms with Gasteiger partial charge in [0, 0.05) is 53.4 Å². The fourth-order valence-corrected chi connectivity index (χ4v) is 7.34. The third-order valence-corrected chi connectivity index (χ3v) is 9.32. The number of piperazine rings is 1. The second-order valence-corrected chi connectivity index (χ2v) is 13.2. The smallest absolute Gasteiger partial charge is 0.407 e. The quantitative estimate of drug-likeness (QED) is 0.286. The number of sulfonamides is 1. The number of carbonyl (C=O) groups is 2. The fraction of sp³-hybridized carbons (Fsp3) is 0.355. The molecule has 3 aromatic carbocycles. The summed E-state index contributed by atoms with van der Waals surface area (Å²) >= 11 is 6.06. The Morgan fingerprint density at radius 1 is 1.04 bits per heavy atom. The fourth-order valence-electron chi connectivity index (χ4n) is 5.77. The molecule has 0 spiro atoms. The van der Waals surface area contributed by atoms with Crippen molar-refractivity contribution in [1.82, 2.24) is 14.9 Å². The summed E-state index contributed by atoms with van der Waals surface area (Å²) in [5.74, 6) is -4.40. The van der Waals surface area contributed by atoms with Crippen LogP contribution < -0.4 is 16.0 Å². The van der Waals surface area contributed by atoms with Crippen LogP contribution in [0.5, 0.6) is 0 Å². The Morgan fingerprint density at radius 2 is 1.71 bits per heavy atom. The Morgan fingerprint density at radius 3 is 2.33 bits per heavy atom. The number of nitrogens with one attached hydrogen (secondary N) is 3. The molecule has 0 aliphatic carbocycles. The van der Waals surface area contributed by atoms with Crippen molar-refractivity contribution >= 4 is 39.3 Å². The van der Waals surface area contributed by atoms with Crippen molar-refractivity contribution in [2.75, 3.05) is 31.8 Å². The number of ether oxygens (including phenoxy) is 1. The second kappa shape index (κ2) is 14.6. The van der Waals surface area contributed by atoms with Gasteiger partial charge in [0.25, 0.3) is 0 Å². The summed E-state index contributed by atoms with van der Waals surface area (Å²) in [5, 5.41) is 8.69. The minimum absolute atomic E-state index is 0.0330. The highest BCUT2D eigenvalue weighted by Gasteiger charge is 2.36. The van der Waals surface area contributed by atoms with E-state index in [2.05, 4.69) is 16.0 Å². The van der Waals surface area contributed by atoms with E-state index in [0.717, 1.165) is 25.5 Å². The largest absolute Gasteiger partial charge is 0.453 e. The number of amides is 2. The highest BCUT2D eigenvalue weighted by molar-refractivity contribution is 7.88. The van der Waals surface area contributed by atoms with Gasteiger partial charge in [-0.15, -0.1) is 0 Å². The summed E-state index contributed by atoms with van der Waals surface area (Å²) in [5.41, 5.74) is 0.625. The zero-order valence-corrected chi connectivity index (χ0v) is 26.4. The molecular weight excluding hydrogens is 633 g/mol. The summed E-state index contributed by atoms with van der Waals surface area (Å²) < 4.78 is 75.3. The number of halogens is 4. The topological polar surface area (TPSA) is 117 Å². The van der Waals surface area contributed by atoms with Gasteiger partial charge in [0.1, 0.15) is 23.5 Å². The van der Waals surface area contributed by atoms with E-state index < -0.39 is 57.5 Å². The van der Waals surface area contributed by atoms with Crippen molar-refractivity contribution in [1.29, 1.82) is 0 Å². The van der Waals surface area contributed by atoms with E-state index >= 15 is 4.39 Å². The molecule has 0 bridgehead atoms. The Bertz CT molecular complexity index is 1620. The predicted molar refractivity (Wildman–Crippen MR) is 165 cm³/mol. The van der Waals surface area contributed by atoms with Gasteiger partial charge >= 0.3 is 6.09 Å². The van der Waals surface area contributed by atoms with Gasteiger partial charge in [-0.3, -0.25) is 4.79 Å². The molecule has 242 valence electrons. The molecule has 14 heteroatoms. The lowest BCUT2D eigenvalue weighted by molar-refractivity contribution is -0.118. The van der Waals surface area contributed by atoms with Gasteiger partial charge in [-0.25, -0.2) is 26.4 Å². The molecule has 3 N–H and O–H groups in total. The maximum atomic E-state index is 15.3. The van der Waals surface area contributed by atoms with Gasteiger partial charge < -0.3 is 20.7 Å². The van der Waals surface area contributed by atoms with E-state index in [1.807, 2.05) is 0 Å². The van der Waals surface area contributed by atoms with Crippen molar-refractivity contribution in [3.8, 4) is 0 Å². The van der Waals surface area contributed by atoms with Crippen LogP contribution in [0.1, 0.15) is 36.0 Å². The Balaban J connectivity index is 1.70. The molecule has 2 amide bonds. The minimum Gasteiger partial charge on any atom is -0.453 e. The number of anilines is 1. The Labute approximate surface area is 265 Å².